The van der Waals surface area contributed by atoms with Crippen LogP contribution in [0.25, 0.3) is 0 Å². The molecular formula is C14H23ClN2O2S. The van der Waals surface area contributed by atoms with Gasteiger partial charge in [-0.1, -0.05) is 19.1 Å². The molecule has 0 aromatic heterocycles. The molecule has 2 unspecified atom stereocenters. The lowest BCUT2D eigenvalue weighted by Crippen LogP contribution is -2.48. The van der Waals surface area contributed by atoms with Crippen LogP contribution in [0, 0.1) is 19.8 Å². The SMILES string of the molecule is Cc1ccc(C)c(S(=O)(=O)NC2CCNCC2C)c1.Cl. The Morgan fingerprint density at radius 3 is 2.65 bits per heavy atom. The van der Waals surface area contributed by atoms with E-state index in [1.165, 1.54) is 0 Å². The van der Waals surface area contributed by atoms with Crippen molar-refractivity contribution in [2.24, 2.45) is 5.92 Å². The van der Waals surface area contributed by atoms with E-state index in [2.05, 4.69) is 17.0 Å². The fourth-order valence-corrected chi connectivity index (χ4v) is 4.16. The molecule has 1 aromatic carbocycles. The Hall–Kier alpha value is -0.620. The second-order valence-electron chi connectivity index (χ2n) is 5.47. The number of hydrogen-bond donors (Lipinski definition) is 2. The number of aryl methyl sites for hydroxylation is 2. The summed E-state index contributed by atoms with van der Waals surface area (Å²) >= 11 is 0. The average molecular weight is 319 g/mol. The Kier molecular flexibility index (Phi) is 6.01. The summed E-state index contributed by atoms with van der Waals surface area (Å²) in [5.74, 6) is 0.314. The summed E-state index contributed by atoms with van der Waals surface area (Å²) in [7, 11) is -3.42. The molecule has 1 aromatic rings. The van der Waals surface area contributed by atoms with Gasteiger partial charge in [0, 0.05) is 6.04 Å². The minimum absolute atomic E-state index is 0. The first-order chi connectivity index (χ1) is 8.90. The zero-order chi connectivity index (χ0) is 14.0. The molecule has 0 aliphatic carbocycles. The van der Waals surface area contributed by atoms with Crippen LogP contribution in [-0.4, -0.2) is 27.5 Å². The Morgan fingerprint density at radius 2 is 2.00 bits per heavy atom. The number of halogens is 1. The third kappa shape index (κ3) is 3.95. The Balaban J connectivity index is 0.00000200. The smallest absolute Gasteiger partial charge is 0.241 e. The maximum absolute atomic E-state index is 12.5. The lowest BCUT2D eigenvalue weighted by atomic mass is 9.97. The molecule has 114 valence electrons. The van der Waals surface area contributed by atoms with Crippen LogP contribution in [0.5, 0.6) is 0 Å². The summed E-state index contributed by atoms with van der Waals surface area (Å²) < 4.78 is 27.8. The summed E-state index contributed by atoms with van der Waals surface area (Å²) in [5, 5.41) is 3.28. The highest BCUT2D eigenvalue weighted by Crippen LogP contribution is 2.19. The van der Waals surface area contributed by atoms with Gasteiger partial charge in [-0.15, -0.1) is 12.4 Å². The summed E-state index contributed by atoms with van der Waals surface area (Å²) in [4.78, 5) is 0.401. The highest BCUT2D eigenvalue weighted by atomic mass is 35.5. The summed E-state index contributed by atoms with van der Waals surface area (Å²) in [6, 6.07) is 5.55. The normalized spacial score (nSPS) is 23.1. The third-order valence-corrected chi connectivity index (χ3v) is 5.36. The molecule has 2 rings (SSSR count). The lowest BCUT2D eigenvalue weighted by molar-refractivity contribution is 0.328. The van der Waals surface area contributed by atoms with Gasteiger partial charge in [-0.05, 0) is 56.5 Å². The van der Waals surface area contributed by atoms with Crippen LogP contribution in [0.2, 0.25) is 0 Å². The largest absolute Gasteiger partial charge is 0.316 e. The minimum atomic E-state index is -3.42. The molecule has 1 aliphatic rings. The van der Waals surface area contributed by atoms with Crippen LogP contribution >= 0.6 is 12.4 Å². The fraction of sp³-hybridized carbons (Fsp3) is 0.571. The van der Waals surface area contributed by atoms with Gasteiger partial charge in [0.15, 0.2) is 0 Å². The van der Waals surface area contributed by atoms with E-state index < -0.39 is 10.0 Å². The summed E-state index contributed by atoms with van der Waals surface area (Å²) in [6.07, 6.45) is 0.839. The van der Waals surface area contributed by atoms with Crippen LogP contribution in [0.3, 0.4) is 0 Å². The highest BCUT2D eigenvalue weighted by molar-refractivity contribution is 7.89. The molecule has 2 N–H and O–H groups in total. The second kappa shape index (κ2) is 6.89. The number of nitrogens with one attached hydrogen (secondary N) is 2. The van der Waals surface area contributed by atoms with Crippen molar-refractivity contribution >= 4 is 22.4 Å². The maximum Gasteiger partial charge on any atom is 0.241 e. The van der Waals surface area contributed by atoms with E-state index in [0.717, 1.165) is 30.6 Å². The maximum atomic E-state index is 12.5. The molecule has 0 spiro atoms. The first-order valence-electron chi connectivity index (χ1n) is 6.70. The van der Waals surface area contributed by atoms with Crippen LogP contribution < -0.4 is 10.0 Å². The Bertz CT molecular complexity index is 560. The molecule has 1 heterocycles. The van der Waals surface area contributed by atoms with Crippen molar-refractivity contribution in [1.29, 1.82) is 0 Å². The van der Waals surface area contributed by atoms with Crippen LogP contribution in [0.15, 0.2) is 23.1 Å². The van der Waals surface area contributed by atoms with E-state index in [4.69, 9.17) is 0 Å². The highest BCUT2D eigenvalue weighted by Gasteiger charge is 2.27. The molecule has 0 bridgehead atoms. The molecule has 0 radical (unpaired) electrons. The predicted octanol–water partition coefficient (Wildman–Crippen LogP) is 2.00. The van der Waals surface area contributed by atoms with E-state index in [-0.39, 0.29) is 18.4 Å². The Labute approximate surface area is 127 Å². The van der Waals surface area contributed by atoms with Gasteiger partial charge in [0.1, 0.15) is 0 Å². The van der Waals surface area contributed by atoms with Gasteiger partial charge in [0.25, 0.3) is 0 Å². The zero-order valence-corrected chi connectivity index (χ0v) is 13.8. The van der Waals surface area contributed by atoms with Crippen LogP contribution in [0.1, 0.15) is 24.5 Å². The first kappa shape index (κ1) is 17.4. The summed E-state index contributed by atoms with van der Waals surface area (Å²) in [6.45, 7) is 7.54. The van der Waals surface area contributed by atoms with E-state index >= 15 is 0 Å². The van der Waals surface area contributed by atoms with Crippen molar-refractivity contribution in [3.05, 3.63) is 29.3 Å². The van der Waals surface area contributed by atoms with Gasteiger partial charge in [-0.2, -0.15) is 0 Å². The van der Waals surface area contributed by atoms with Crippen molar-refractivity contribution in [3.63, 3.8) is 0 Å². The standard InChI is InChI=1S/C14H22N2O2S.ClH/c1-10-4-5-11(2)14(8-10)19(17,18)16-13-6-7-15-9-12(13)3;/h4-5,8,12-13,15-16H,6-7,9H2,1-3H3;1H. The first-order valence-corrected chi connectivity index (χ1v) is 8.19. The number of piperidine rings is 1. The van der Waals surface area contributed by atoms with Gasteiger partial charge in [-0.3, -0.25) is 0 Å². The predicted molar refractivity (Wildman–Crippen MR) is 83.9 cm³/mol. The van der Waals surface area contributed by atoms with E-state index in [9.17, 15) is 8.42 Å². The minimum Gasteiger partial charge on any atom is -0.316 e. The van der Waals surface area contributed by atoms with Crippen LogP contribution in [0.4, 0.5) is 0 Å². The summed E-state index contributed by atoms with van der Waals surface area (Å²) in [5.41, 5.74) is 1.75. The van der Waals surface area contributed by atoms with Gasteiger partial charge in [-0.25, -0.2) is 13.1 Å². The molecule has 1 fully saturated rings. The molecule has 6 heteroatoms. The molecule has 1 aliphatic heterocycles. The molecule has 1 saturated heterocycles. The monoisotopic (exact) mass is 318 g/mol. The van der Waals surface area contributed by atoms with Crippen molar-refractivity contribution in [2.75, 3.05) is 13.1 Å². The van der Waals surface area contributed by atoms with E-state index in [1.807, 2.05) is 26.0 Å². The van der Waals surface area contributed by atoms with Gasteiger partial charge in [0.05, 0.1) is 4.90 Å². The van der Waals surface area contributed by atoms with Crippen molar-refractivity contribution in [3.8, 4) is 0 Å². The van der Waals surface area contributed by atoms with Crippen molar-refractivity contribution in [2.45, 2.75) is 38.1 Å². The number of sulfonamides is 1. The topological polar surface area (TPSA) is 58.2 Å². The molecule has 2 atom stereocenters. The quantitative estimate of drug-likeness (QED) is 0.896. The zero-order valence-electron chi connectivity index (χ0n) is 12.1. The number of hydrogen-bond acceptors (Lipinski definition) is 3. The molecule has 20 heavy (non-hydrogen) atoms. The molecular weight excluding hydrogens is 296 g/mol. The van der Waals surface area contributed by atoms with Crippen molar-refractivity contribution in [1.82, 2.24) is 10.0 Å². The lowest BCUT2D eigenvalue weighted by Gasteiger charge is -2.30. The molecule has 0 amide bonds. The van der Waals surface area contributed by atoms with Gasteiger partial charge in [0.2, 0.25) is 10.0 Å². The van der Waals surface area contributed by atoms with E-state index in [0.29, 0.717) is 10.8 Å². The Morgan fingerprint density at radius 1 is 1.30 bits per heavy atom. The number of benzene rings is 1. The molecule has 4 nitrogen and oxygen atoms in total. The van der Waals surface area contributed by atoms with E-state index in [1.54, 1.807) is 6.07 Å². The third-order valence-electron chi connectivity index (χ3n) is 3.73. The average Bonchev–Trinajstić information content (AvgIpc) is 2.35. The molecule has 0 saturated carbocycles. The van der Waals surface area contributed by atoms with Gasteiger partial charge >= 0.3 is 0 Å². The second-order valence-corrected chi connectivity index (χ2v) is 7.15. The van der Waals surface area contributed by atoms with Gasteiger partial charge < -0.3 is 5.32 Å². The number of rotatable bonds is 3. The van der Waals surface area contributed by atoms with Crippen LogP contribution in [-0.2, 0) is 10.0 Å². The fourth-order valence-electron chi connectivity index (χ4n) is 2.45. The van der Waals surface area contributed by atoms with Crippen molar-refractivity contribution < 1.29 is 8.42 Å².